The van der Waals surface area contributed by atoms with E-state index in [2.05, 4.69) is 9.80 Å². The summed E-state index contributed by atoms with van der Waals surface area (Å²) in [7, 11) is 1.75. The Bertz CT molecular complexity index is 368. The second-order valence-electron chi connectivity index (χ2n) is 7.34. The molecule has 120 valence electrons. The topological polar surface area (TPSA) is 32.8 Å². The molecule has 0 aromatic carbocycles. The van der Waals surface area contributed by atoms with Crippen LogP contribution in [0.25, 0.3) is 0 Å². The van der Waals surface area contributed by atoms with Gasteiger partial charge < -0.3 is 9.64 Å². The molecule has 3 rings (SSSR count). The molecule has 1 aliphatic carbocycles. The van der Waals surface area contributed by atoms with Crippen LogP contribution in [-0.2, 0) is 9.53 Å². The highest BCUT2D eigenvalue weighted by molar-refractivity contribution is 5.89. The number of hydrogen-bond acceptors (Lipinski definition) is 3. The molecule has 0 unspecified atom stereocenters. The summed E-state index contributed by atoms with van der Waals surface area (Å²) >= 11 is 0. The number of carbonyl (C=O) groups is 1. The lowest BCUT2D eigenvalue weighted by Gasteiger charge is -2.54. The number of amides is 1. The standard InChI is InChI=1S/C17H30N2O2/c1-21-11-10-18-9-5-8-17(13-18)14-19(16(17)20)12-15-6-3-2-4-7-15/h15H,2-14H2,1H3/t17-/m1/s1. The first kappa shape index (κ1) is 15.3. The molecule has 0 N–H and O–H groups in total. The molecule has 2 saturated heterocycles. The van der Waals surface area contributed by atoms with Gasteiger partial charge >= 0.3 is 0 Å². The molecular formula is C17H30N2O2. The minimum absolute atomic E-state index is 0.0410. The van der Waals surface area contributed by atoms with E-state index in [0.29, 0.717) is 5.91 Å². The van der Waals surface area contributed by atoms with Crippen molar-refractivity contribution in [3.63, 3.8) is 0 Å². The van der Waals surface area contributed by atoms with Gasteiger partial charge in [0.25, 0.3) is 0 Å². The van der Waals surface area contributed by atoms with Crippen molar-refractivity contribution in [2.24, 2.45) is 11.3 Å². The summed E-state index contributed by atoms with van der Waals surface area (Å²) in [5, 5.41) is 0. The van der Waals surface area contributed by atoms with Crippen LogP contribution in [0.3, 0.4) is 0 Å². The van der Waals surface area contributed by atoms with Crippen molar-refractivity contribution < 1.29 is 9.53 Å². The van der Waals surface area contributed by atoms with Crippen molar-refractivity contribution in [1.29, 1.82) is 0 Å². The molecule has 1 amide bonds. The molecule has 0 aromatic heterocycles. The maximum Gasteiger partial charge on any atom is 0.231 e. The van der Waals surface area contributed by atoms with Crippen molar-refractivity contribution in [2.75, 3.05) is 46.4 Å². The van der Waals surface area contributed by atoms with Gasteiger partial charge in [0.2, 0.25) is 5.91 Å². The Hall–Kier alpha value is -0.610. The second kappa shape index (κ2) is 6.66. The number of piperidine rings is 1. The third-order valence-electron chi connectivity index (χ3n) is 5.71. The lowest BCUT2D eigenvalue weighted by Crippen LogP contribution is -2.67. The van der Waals surface area contributed by atoms with Gasteiger partial charge in [-0.2, -0.15) is 0 Å². The van der Waals surface area contributed by atoms with E-state index in [4.69, 9.17) is 4.74 Å². The normalized spacial score (nSPS) is 31.7. The van der Waals surface area contributed by atoms with E-state index in [1.165, 1.54) is 32.1 Å². The molecule has 3 fully saturated rings. The van der Waals surface area contributed by atoms with Crippen molar-refractivity contribution in [3.05, 3.63) is 0 Å². The number of carbonyl (C=O) groups excluding carboxylic acids is 1. The van der Waals surface area contributed by atoms with Crippen LogP contribution >= 0.6 is 0 Å². The third kappa shape index (κ3) is 3.26. The lowest BCUT2D eigenvalue weighted by molar-refractivity contribution is -0.167. The number of nitrogens with zero attached hydrogens (tertiary/aromatic N) is 2. The minimum Gasteiger partial charge on any atom is -0.383 e. The van der Waals surface area contributed by atoms with Crippen LogP contribution in [0.5, 0.6) is 0 Å². The van der Waals surface area contributed by atoms with Crippen LogP contribution in [-0.4, -0.2) is 62.1 Å². The zero-order valence-electron chi connectivity index (χ0n) is 13.5. The molecule has 3 aliphatic rings. The Morgan fingerprint density at radius 3 is 2.71 bits per heavy atom. The van der Waals surface area contributed by atoms with Crippen LogP contribution in [0.4, 0.5) is 0 Å². The summed E-state index contributed by atoms with van der Waals surface area (Å²) in [5.74, 6) is 1.21. The number of methoxy groups -OCH3 is 1. The summed E-state index contributed by atoms with van der Waals surface area (Å²) in [6.07, 6.45) is 9.03. The molecule has 0 bridgehead atoms. The maximum absolute atomic E-state index is 12.7. The Morgan fingerprint density at radius 2 is 2.00 bits per heavy atom. The Balaban J connectivity index is 1.50. The number of β-lactam (4-membered cyclic amide) rings is 1. The predicted octanol–water partition coefficient (Wildman–Crippen LogP) is 2.14. The van der Waals surface area contributed by atoms with Crippen LogP contribution in [0.1, 0.15) is 44.9 Å². The number of rotatable bonds is 5. The first-order valence-corrected chi connectivity index (χ1v) is 8.74. The van der Waals surface area contributed by atoms with E-state index in [1.54, 1.807) is 7.11 Å². The van der Waals surface area contributed by atoms with Gasteiger partial charge in [-0.15, -0.1) is 0 Å². The smallest absolute Gasteiger partial charge is 0.231 e. The first-order valence-electron chi connectivity index (χ1n) is 8.74. The number of likely N-dealkylation sites (tertiary alicyclic amines) is 2. The fourth-order valence-corrected chi connectivity index (χ4v) is 4.52. The summed E-state index contributed by atoms with van der Waals surface area (Å²) < 4.78 is 5.18. The summed E-state index contributed by atoms with van der Waals surface area (Å²) in [6.45, 7) is 5.85. The molecular weight excluding hydrogens is 264 g/mol. The summed E-state index contributed by atoms with van der Waals surface area (Å²) in [5.41, 5.74) is -0.0410. The molecule has 0 radical (unpaired) electrons. The quantitative estimate of drug-likeness (QED) is 0.728. The van der Waals surface area contributed by atoms with Crippen LogP contribution in [0, 0.1) is 11.3 Å². The van der Waals surface area contributed by atoms with Gasteiger partial charge in [0.15, 0.2) is 0 Å². The average Bonchev–Trinajstić information content (AvgIpc) is 2.53. The van der Waals surface area contributed by atoms with Crippen LogP contribution in [0.15, 0.2) is 0 Å². The van der Waals surface area contributed by atoms with E-state index in [1.807, 2.05) is 0 Å². The fraction of sp³-hybridized carbons (Fsp3) is 0.941. The van der Waals surface area contributed by atoms with E-state index in [-0.39, 0.29) is 5.41 Å². The molecule has 4 heteroatoms. The molecule has 1 saturated carbocycles. The van der Waals surface area contributed by atoms with Crippen molar-refractivity contribution >= 4 is 5.91 Å². The minimum atomic E-state index is -0.0410. The van der Waals surface area contributed by atoms with Gasteiger partial charge in [-0.05, 0) is 38.1 Å². The fourth-order valence-electron chi connectivity index (χ4n) is 4.52. The summed E-state index contributed by atoms with van der Waals surface area (Å²) in [4.78, 5) is 17.3. The van der Waals surface area contributed by atoms with Crippen molar-refractivity contribution in [3.8, 4) is 0 Å². The Kier molecular flexibility index (Phi) is 4.85. The zero-order chi connectivity index (χ0) is 14.7. The summed E-state index contributed by atoms with van der Waals surface area (Å²) in [6, 6.07) is 0. The van der Waals surface area contributed by atoms with E-state index < -0.39 is 0 Å². The first-order chi connectivity index (χ1) is 10.2. The SMILES string of the molecule is COCCN1CCC[C@@]2(C1)CN(CC1CCCCC1)C2=O. The average molecular weight is 294 g/mol. The van der Waals surface area contributed by atoms with Crippen LogP contribution < -0.4 is 0 Å². The monoisotopic (exact) mass is 294 g/mol. The third-order valence-corrected chi connectivity index (χ3v) is 5.71. The van der Waals surface area contributed by atoms with Gasteiger partial charge in [0.1, 0.15) is 0 Å². The van der Waals surface area contributed by atoms with Crippen LogP contribution in [0.2, 0.25) is 0 Å². The Labute approximate surface area is 128 Å². The van der Waals surface area contributed by atoms with Crippen molar-refractivity contribution in [1.82, 2.24) is 9.80 Å². The molecule has 0 aromatic rings. The van der Waals surface area contributed by atoms with Gasteiger partial charge in [0, 0.05) is 33.3 Å². The largest absolute Gasteiger partial charge is 0.383 e. The highest BCUT2D eigenvalue weighted by Gasteiger charge is 2.53. The molecule has 2 heterocycles. The maximum atomic E-state index is 12.7. The van der Waals surface area contributed by atoms with Crippen molar-refractivity contribution in [2.45, 2.75) is 44.9 Å². The van der Waals surface area contributed by atoms with Gasteiger partial charge in [-0.3, -0.25) is 9.69 Å². The molecule has 4 nitrogen and oxygen atoms in total. The zero-order valence-corrected chi connectivity index (χ0v) is 13.5. The van der Waals surface area contributed by atoms with E-state index >= 15 is 0 Å². The van der Waals surface area contributed by atoms with E-state index in [9.17, 15) is 4.79 Å². The van der Waals surface area contributed by atoms with Gasteiger partial charge in [0.05, 0.1) is 12.0 Å². The highest BCUT2D eigenvalue weighted by Crippen LogP contribution is 2.41. The highest BCUT2D eigenvalue weighted by atomic mass is 16.5. The predicted molar refractivity (Wildman–Crippen MR) is 83.1 cm³/mol. The van der Waals surface area contributed by atoms with E-state index in [0.717, 1.165) is 58.1 Å². The molecule has 2 aliphatic heterocycles. The molecule has 21 heavy (non-hydrogen) atoms. The molecule has 1 atom stereocenters. The molecule has 1 spiro atoms. The lowest BCUT2D eigenvalue weighted by atomic mass is 9.71. The number of hydrogen-bond donors (Lipinski definition) is 0. The Morgan fingerprint density at radius 1 is 1.19 bits per heavy atom. The second-order valence-corrected chi connectivity index (χ2v) is 7.34. The number of ether oxygens (including phenoxy) is 1. The van der Waals surface area contributed by atoms with Gasteiger partial charge in [-0.25, -0.2) is 0 Å². The van der Waals surface area contributed by atoms with Gasteiger partial charge in [-0.1, -0.05) is 19.3 Å².